The summed E-state index contributed by atoms with van der Waals surface area (Å²) >= 11 is 6.14. The summed E-state index contributed by atoms with van der Waals surface area (Å²) in [6, 6.07) is 10.6. The molecule has 2 aromatic carbocycles. The summed E-state index contributed by atoms with van der Waals surface area (Å²) in [7, 11) is 1.55. The Bertz CT molecular complexity index is 872. The molecule has 1 aliphatic rings. The van der Waals surface area contributed by atoms with Crippen molar-refractivity contribution in [3.05, 3.63) is 47.0 Å². The maximum absolute atomic E-state index is 12.7. The molecule has 156 valence electrons. The van der Waals surface area contributed by atoms with E-state index in [1.165, 1.54) is 0 Å². The van der Waals surface area contributed by atoms with Crippen LogP contribution in [0.1, 0.15) is 32.4 Å². The molecule has 6 nitrogen and oxygen atoms in total. The SMILES string of the molecule is COc1ccc(NC(=O)[C@H](C)N[C@H](c2ccc3c(c2)OCCO3)C(C)C)cc1Cl. The normalized spacial score (nSPS) is 15.0. The van der Waals surface area contributed by atoms with Crippen molar-refractivity contribution in [2.75, 3.05) is 25.6 Å². The fraction of sp³-hybridized carbons (Fsp3) is 0.409. The van der Waals surface area contributed by atoms with Gasteiger partial charge in [0.15, 0.2) is 11.5 Å². The Hall–Kier alpha value is -2.44. The maximum atomic E-state index is 12.7. The molecule has 7 heteroatoms. The lowest BCUT2D eigenvalue weighted by Crippen LogP contribution is -2.41. The first kappa shape index (κ1) is 21.3. The van der Waals surface area contributed by atoms with Gasteiger partial charge in [-0.05, 0) is 48.7 Å². The number of rotatable bonds is 7. The van der Waals surface area contributed by atoms with Crippen LogP contribution in [0.25, 0.3) is 0 Å². The van der Waals surface area contributed by atoms with E-state index in [0.29, 0.717) is 29.7 Å². The zero-order chi connectivity index (χ0) is 21.0. The van der Waals surface area contributed by atoms with Crippen LogP contribution in [-0.2, 0) is 4.79 Å². The summed E-state index contributed by atoms with van der Waals surface area (Å²) in [4.78, 5) is 12.7. The van der Waals surface area contributed by atoms with Crippen LogP contribution < -0.4 is 24.8 Å². The summed E-state index contributed by atoms with van der Waals surface area (Å²) < 4.78 is 16.4. The van der Waals surface area contributed by atoms with Crippen molar-refractivity contribution in [2.24, 2.45) is 5.92 Å². The Morgan fingerprint density at radius 1 is 1.07 bits per heavy atom. The minimum Gasteiger partial charge on any atom is -0.495 e. The van der Waals surface area contributed by atoms with E-state index in [2.05, 4.69) is 24.5 Å². The molecule has 0 aromatic heterocycles. The Labute approximate surface area is 176 Å². The van der Waals surface area contributed by atoms with Crippen molar-refractivity contribution >= 4 is 23.2 Å². The molecule has 0 aliphatic carbocycles. The molecular formula is C22H27ClN2O4. The van der Waals surface area contributed by atoms with E-state index < -0.39 is 6.04 Å². The summed E-state index contributed by atoms with van der Waals surface area (Å²) in [5, 5.41) is 6.77. The molecule has 2 N–H and O–H groups in total. The second-order valence-electron chi connectivity index (χ2n) is 7.35. The highest BCUT2D eigenvalue weighted by molar-refractivity contribution is 6.32. The number of hydrogen-bond donors (Lipinski definition) is 2. The molecule has 29 heavy (non-hydrogen) atoms. The maximum Gasteiger partial charge on any atom is 0.241 e. The molecule has 1 heterocycles. The van der Waals surface area contributed by atoms with Crippen LogP contribution in [-0.4, -0.2) is 32.3 Å². The van der Waals surface area contributed by atoms with Gasteiger partial charge < -0.3 is 19.5 Å². The highest BCUT2D eigenvalue weighted by Gasteiger charge is 2.24. The molecule has 0 radical (unpaired) electrons. The Morgan fingerprint density at radius 3 is 2.45 bits per heavy atom. The molecule has 1 amide bonds. The average Bonchev–Trinajstić information content (AvgIpc) is 2.71. The van der Waals surface area contributed by atoms with Gasteiger partial charge in [0.1, 0.15) is 19.0 Å². The molecule has 0 bridgehead atoms. The monoisotopic (exact) mass is 418 g/mol. The Balaban J connectivity index is 1.70. The van der Waals surface area contributed by atoms with Gasteiger partial charge in [-0.2, -0.15) is 0 Å². The lowest BCUT2D eigenvalue weighted by molar-refractivity contribution is -0.118. The van der Waals surface area contributed by atoms with E-state index in [0.717, 1.165) is 17.1 Å². The first-order chi connectivity index (χ1) is 13.9. The van der Waals surface area contributed by atoms with Crippen LogP contribution >= 0.6 is 11.6 Å². The molecule has 0 unspecified atom stereocenters. The van der Waals surface area contributed by atoms with Crippen molar-refractivity contribution in [2.45, 2.75) is 32.9 Å². The summed E-state index contributed by atoms with van der Waals surface area (Å²) in [5.74, 6) is 2.18. The number of halogens is 1. The number of amides is 1. The number of fused-ring (bicyclic) bond motifs is 1. The van der Waals surface area contributed by atoms with Gasteiger partial charge in [-0.15, -0.1) is 0 Å². The number of carbonyl (C=O) groups excluding carboxylic acids is 1. The fourth-order valence-electron chi connectivity index (χ4n) is 3.27. The first-order valence-corrected chi connectivity index (χ1v) is 10.1. The molecule has 3 rings (SSSR count). The van der Waals surface area contributed by atoms with Gasteiger partial charge in [0, 0.05) is 11.7 Å². The van der Waals surface area contributed by atoms with Gasteiger partial charge in [0.25, 0.3) is 0 Å². The fourth-order valence-corrected chi connectivity index (χ4v) is 3.52. The molecule has 0 fully saturated rings. The van der Waals surface area contributed by atoms with Gasteiger partial charge in [-0.1, -0.05) is 31.5 Å². The quantitative estimate of drug-likeness (QED) is 0.696. The van der Waals surface area contributed by atoms with E-state index in [1.807, 2.05) is 25.1 Å². The summed E-state index contributed by atoms with van der Waals surface area (Å²) in [6.07, 6.45) is 0. The number of carbonyl (C=O) groups is 1. The Kier molecular flexibility index (Phi) is 6.87. The predicted molar refractivity (Wildman–Crippen MR) is 114 cm³/mol. The molecule has 0 saturated heterocycles. The van der Waals surface area contributed by atoms with Gasteiger partial charge in [-0.3, -0.25) is 10.1 Å². The number of anilines is 1. The van der Waals surface area contributed by atoms with Crippen molar-refractivity contribution in [1.29, 1.82) is 0 Å². The van der Waals surface area contributed by atoms with Gasteiger partial charge >= 0.3 is 0 Å². The molecule has 1 aliphatic heterocycles. The molecule has 2 aromatic rings. The van der Waals surface area contributed by atoms with Crippen LogP contribution in [0.5, 0.6) is 17.2 Å². The van der Waals surface area contributed by atoms with Crippen molar-refractivity contribution in [1.82, 2.24) is 5.32 Å². The smallest absolute Gasteiger partial charge is 0.241 e. The van der Waals surface area contributed by atoms with E-state index in [4.69, 9.17) is 25.8 Å². The van der Waals surface area contributed by atoms with E-state index in [1.54, 1.807) is 25.3 Å². The lowest BCUT2D eigenvalue weighted by atomic mass is 9.94. The molecular weight excluding hydrogens is 392 g/mol. The number of methoxy groups -OCH3 is 1. The highest BCUT2D eigenvalue weighted by atomic mass is 35.5. The zero-order valence-corrected chi connectivity index (χ0v) is 17.9. The van der Waals surface area contributed by atoms with Gasteiger partial charge in [0.2, 0.25) is 5.91 Å². The van der Waals surface area contributed by atoms with E-state index >= 15 is 0 Å². The molecule has 2 atom stereocenters. The zero-order valence-electron chi connectivity index (χ0n) is 17.1. The molecule has 0 spiro atoms. The summed E-state index contributed by atoms with van der Waals surface area (Å²) in [6.45, 7) is 7.17. The minimum atomic E-state index is -0.420. The van der Waals surface area contributed by atoms with E-state index in [-0.39, 0.29) is 17.9 Å². The van der Waals surface area contributed by atoms with Crippen molar-refractivity contribution in [3.8, 4) is 17.2 Å². The van der Waals surface area contributed by atoms with Crippen LogP contribution in [0.3, 0.4) is 0 Å². The minimum absolute atomic E-state index is 0.0222. The third kappa shape index (κ3) is 5.14. The van der Waals surface area contributed by atoms with Gasteiger partial charge in [0.05, 0.1) is 18.2 Å². The lowest BCUT2D eigenvalue weighted by Gasteiger charge is -2.28. The average molecular weight is 419 g/mol. The third-order valence-corrected chi connectivity index (χ3v) is 5.13. The van der Waals surface area contributed by atoms with Crippen molar-refractivity contribution in [3.63, 3.8) is 0 Å². The van der Waals surface area contributed by atoms with E-state index in [9.17, 15) is 4.79 Å². The number of hydrogen-bond acceptors (Lipinski definition) is 5. The predicted octanol–water partition coefficient (Wildman–Crippen LogP) is 4.43. The Morgan fingerprint density at radius 2 is 1.79 bits per heavy atom. The molecule has 0 saturated carbocycles. The highest BCUT2D eigenvalue weighted by Crippen LogP contribution is 2.34. The second-order valence-corrected chi connectivity index (χ2v) is 7.76. The van der Waals surface area contributed by atoms with Crippen LogP contribution in [0.2, 0.25) is 5.02 Å². The topological polar surface area (TPSA) is 68.8 Å². The first-order valence-electron chi connectivity index (χ1n) is 9.69. The van der Waals surface area contributed by atoms with Crippen LogP contribution in [0, 0.1) is 5.92 Å². The van der Waals surface area contributed by atoms with Crippen molar-refractivity contribution < 1.29 is 19.0 Å². The summed E-state index contributed by atoms with van der Waals surface area (Å²) in [5.41, 5.74) is 1.67. The largest absolute Gasteiger partial charge is 0.495 e. The van der Waals surface area contributed by atoms with Crippen LogP contribution in [0.4, 0.5) is 5.69 Å². The standard InChI is InChI=1S/C22H27ClN2O4/c1-13(2)21(15-5-7-19-20(11-15)29-10-9-28-19)24-14(3)22(26)25-16-6-8-18(27-4)17(23)12-16/h5-8,11-14,21,24H,9-10H2,1-4H3,(H,25,26)/t14-,21-/m0/s1. The van der Waals surface area contributed by atoms with Crippen LogP contribution in [0.15, 0.2) is 36.4 Å². The number of benzene rings is 2. The second kappa shape index (κ2) is 9.37. The third-order valence-electron chi connectivity index (χ3n) is 4.83. The van der Waals surface area contributed by atoms with Gasteiger partial charge in [-0.25, -0.2) is 0 Å². The number of ether oxygens (including phenoxy) is 3. The number of nitrogens with one attached hydrogen (secondary N) is 2.